The lowest BCUT2D eigenvalue weighted by Crippen LogP contribution is -2.29. The lowest BCUT2D eigenvalue weighted by atomic mass is 9.93. The Morgan fingerprint density at radius 2 is 1.75 bits per heavy atom. The molecular formula is C29H29ClN4OS. The van der Waals surface area contributed by atoms with Crippen LogP contribution in [0.15, 0.2) is 72.9 Å². The van der Waals surface area contributed by atoms with Gasteiger partial charge in [-0.05, 0) is 100 Å². The highest BCUT2D eigenvalue weighted by Crippen LogP contribution is 2.45. The minimum atomic E-state index is -0.114. The van der Waals surface area contributed by atoms with Crippen LogP contribution < -0.4 is 15.0 Å². The SMILES string of the molecule is CCOc1ccc(N2C(=S)N[C@@H](c3ccccn3)[C@H]2c2c(C)c(C)n(-c3cccc(Cl)c3)c2C)cc1. The standard InChI is InChI=1S/C29H29ClN4OS/c1-5-35-24-14-12-22(13-15-24)34-28(27(32-29(34)36)25-11-6-7-16-31-25)26-18(2)19(3)33(20(26)4)23-10-8-9-21(30)17-23/h6-17,27-28H,5H2,1-4H3,(H,32,36)/t27-,28+/m0/s1. The molecule has 0 unspecified atom stereocenters. The summed E-state index contributed by atoms with van der Waals surface area (Å²) < 4.78 is 7.96. The smallest absolute Gasteiger partial charge is 0.174 e. The van der Waals surface area contributed by atoms with Crippen molar-refractivity contribution >= 4 is 34.6 Å². The molecule has 5 nitrogen and oxygen atoms in total. The van der Waals surface area contributed by atoms with Gasteiger partial charge < -0.3 is 19.5 Å². The van der Waals surface area contributed by atoms with Crippen LogP contribution in [0.4, 0.5) is 5.69 Å². The first-order valence-electron chi connectivity index (χ1n) is 12.1. The predicted octanol–water partition coefficient (Wildman–Crippen LogP) is 7.03. The summed E-state index contributed by atoms with van der Waals surface area (Å²) in [6, 6.07) is 21.9. The van der Waals surface area contributed by atoms with Crippen molar-refractivity contribution in [2.75, 3.05) is 11.5 Å². The minimum Gasteiger partial charge on any atom is -0.494 e. The first-order valence-corrected chi connectivity index (χ1v) is 12.9. The number of halogens is 1. The molecule has 1 N–H and O–H groups in total. The van der Waals surface area contributed by atoms with Crippen LogP contribution in [0, 0.1) is 20.8 Å². The van der Waals surface area contributed by atoms with Crippen LogP contribution in [0.1, 0.15) is 47.2 Å². The molecule has 1 aliphatic rings. The van der Waals surface area contributed by atoms with E-state index in [9.17, 15) is 0 Å². The van der Waals surface area contributed by atoms with Gasteiger partial charge in [0.25, 0.3) is 0 Å². The molecule has 0 saturated carbocycles. The maximum absolute atomic E-state index is 6.37. The Hall–Kier alpha value is -3.35. The number of benzene rings is 2. The number of thiocarbonyl (C=S) groups is 1. The summed E-state index contributed by atoms with van der Waals surface area (Å²) in [4.78, 5) is 6.91. The lowest BCUT2D eigenvalue weighted by Gasteiger charge is -2.29. The molecule has 2 atom stereocenters. The molecule has 1 aliphatic heterocycles. The van der Waals surface area contributed by atoms with Gasteiger partial charge >= 0.3 is 0 Å². The number of aromatic nitrogens is 2. The number of nitrogens with zero attached hydrogens (tertiary/aromatic N) is 3. The van der Waals surface area contributed by atoms with Gasteiger partial charge in [-0.2, -0.15) is 0 Å². The molecule has 0 radical (unpaired) electrons. The lowest BCUT2D eigenvalue weighted by molar-refractivity contribution is 0.340. The zero-order chi connectivity index (χ0) is 25.4. The van der Waals surface area contributed by atoms with Crippen molar-refractivity contribution in [2.45, 2.75) is 39.8 Å². The first-order chi connectivity index (χ1) is 17.4. The van der Waals surface area contributed by atoms with Gasteiger partial charge in [0, 0.05) is 39.5 Å². The van der Waals surface area contributed by atoms with E-state index in [-0.39, 0.29) is 12.1 Å². The van der Waals surface area contributed by atoms with E-state index >= 15 is 0 Å². The van der Waals surface area contributed by atoms with E-state index in [1.807, 2.05) is 55.6 Å². The second kappa shape index (κ2) is 9.96. The Balaban J connectivity index is 1.69. The molecule has 0 aliphatic carbocycles. The summed E-state index contributed by atoms with van der Waals surface area (Å²) in [6.07, 6.45) is 1.83. The van der Waals surface area contributed by atoms with Crippen molar-refractivity contribution in [1.82, 2.24) is 14.9 Å². The Labute approximate surface area is 222 Å². The minimum absolute atomic E-state index is 0.0931. The zero-order valence-corrected chi connectivity index (χ0v) is 22.4. The molecule has 2 aromatic carbocycles. The molecule has 0 spiro atoms. The van der Waals surface area contributed by atoms with Gasteiger partial charge in [-0.15, -0.1) is 0 Å². The molecule has 3 heterocycles. The van der Waals surface area contributed by atoms with Crippen LogP contribution in [0.25, 0.3) is 5.69 Å². The third-order valence-corrected chi connectivity index (χ3v) is 7.44. The summed E-state index contributed by atoms with van der Waals surface area (Å²) >= 11 is 12.3. The predicted molar refractivity (Wildman–Crippen MR) is 151 cm³/mol. The first kappa shape index (κ1) is 24.3. The fourth-order valence-corrected chi connectivity index (χ4v) is 5.77. The summed E-state index contributed by atoms with van der Waals surface area (Å²) in [5.41, 5.74) is 7.78. The van der Waals surface area contributed by atoms with E-state index in [0.29, 0.717) is 16.7 Å². The van der Waals surface area contributed by atoms with Crippen LogP contribution in [0.2, 0.25) is 5.02 Å². The third-order valence-electron chi connectivity index (χ3n) is 6.89. The molecular weight excluding hydrogens is 488 g/mol. The van der Waals surface area contributed by atoms with Crippen molar-refractivity contribution in [3.63, 3.8) is 0 Å². The average Bonchev–Trinajstić information content (AvgIpc) is 3.32. The highest BCUT2D eigenvalue weighted by molar-refractivity contribution is 7.80. The van der Waals surface area contributed by atoms with Crippen LogP contribution in [-0.4, -0.2) is 21.3 Å². The molecule has 0 bridgehead atoms. The molecule has 4 aromatic rings. The van der Waals surface area contributed by atoms with Crippen molar-refractivity contribution in [1.29, 1.82) is 0 Å². The van der Waals surface area contributed by atoms with E-state index in [1.54, 1.807) is 0 Å². The van der Waals surface area contributed by atoms with Gasteiger partial charge in [-0.25, -0.2) is 0 Å². The van der Waals surface area contributed by atoms with Gasteiger partial charge in [0.15, 0.2) is 5.11 Å². The number of ether oxygens (including phenoxy) is 1. The molecule has 36 heavy (non-hydrogen) atoms. The normalized spacial score (nSPS) is 17.4. The maximum atomic E-state index is 6.37. The van der Waals surface area contributed by atoms with E-state index in [4.69, 9.17) is 33.5 Å². The summed E-state index contributed by atoms with van der Waals surface area (Å²) in [5, 5.41) is 4.96. The topological polar surface area (TPSA) is 42.3 Å². The molecule has 2 aromatic heterocycles. The fraction of sp³-hybridized carbons (Fsp3) is 0.241. The van der Waals surface area contributed by atoms with Crippen molar-refractivity contribution in [3.05, 3.63) is 106 Å². The summed E-state index contributed by atoms with van der Waals surface area (Å²) in [6.45, 7) is 9.13. The van der Waals surface area contributed by atoms with Crippen LogP contribution in [0.3, 0.4) is 0 Å². The number of hydrogen-bond donors (Lipinski definition) is 1. The van der Waals surface area contributed by atoms with Crippen LogP contribution in [-0.2, 0) is 0 Å². The fourth-order valence-electron chi connectivity index (χ4n) is 5.24. The number of pyridine rings is 1. The molecule has 184 valence electrons. The van der Waals surface area contributed by atoms with Gasteiger partial charge in [0.1, 0.15) is 5.75 Å². The van der Waals surface area contributed by atoms with E-state index in [1.165, 1.54) is 16.8 Å². The zero-order valence-electron chi connectivity index (χ0n) is 20.8. The Morgan fingerprint density at radius 3 is 2.42 bits per heavy atom. The van der Waals surface area contributed by atoms with Gasteiger partial charge in [0.2, 0.25) is 0 Å². The van der Waals surface area contributed by atoms with Gasteiger partial charge in [-0.1, -0.05) is 23.7 Å². The summed E-state index contributed by atoms with van der Waals surface area (Å²) in [7, 11) is 0. The molecule has 1 saturated heterocycles. The number of hydrogen-bond acceptors (Lipinski definition) is 3. The van der Waals surface area contributed by atoms with E-state index in [0.717, 1.165) is 28.5 Å². The van der Waals surface area contributed by atoms with E-state index in [2.05, 4.69) is 59.8 Å². The van der Waals surface area contributed by atoms with Crippen molar-refractivity contribution < 1.29 is 4.74 Å². The maximum Gasteiger partial charge on any atom is 0.174 e. The number of anilines is 1. The highest BCUT2D eigenvalue weighted by Gasteiger charge is 2.43. The molecule has 1 fully saturated rings. The van der Waals surface area contributed by atoms with Crippen molar-refractivity contribution in [2.24, 2.45) is 0 Å². The molecule has 7 heteroatoms. The largest absolute Gasteiger partial charge is 0.494 e. The number of rotatable bonds is 6. The highest BCUT2D eigenvalue weighted by atomic mass is 35.5. The third kappa shape index (κ3) is 4.25. The van der Waals surface area contributed by atoms with Crippen molar-refractivity contribution in [3.8, 4) is 11.4 Å². The second-order valence-corrected chi connectivity index (χ2v) is 9.77. The van der Waals surface area contributed by atoms with Gasteiger partial charge in [-0.3, -0.25) is 4.98 Å². The second-order valence-electron chi connectivity index (χ2n) is 8.95. The monoisotopic (exact) mass is 516 g/mol. The Kier molecular flexibility index (Phi) is 6.73. The number of nitrogens with one attached hydrogen (secondary N) is 1. The Bertz CT molecular complexity index is 1400. The van der Waals surface area contributed by atoms with Crippen LogP contribution in [0.5, 0.6) is 5.75 Å². The quantitative estimate of drug-likeness (QED) is 0.279. The summed E-state index contributed by atoms with van der Waals surface area (Å²) in [5.74, 6) is 0.840. The Morgan fingerprint density at radius 1 is 0.972 bits per heavy atom. The van der Waals surface area contributed by atoms with E-state index < -0.39 is 0 Å². The molecule has 0 amide bonds. The van der Waals surface area contributed by atoms with Gasteiger partial charge in [0.05, 0.1) is 24.4 Å². The molecule has 5 rings (SSSR count). The van der Waals surface area contributed by atoms with Crippen LogP contribution >= 0.6 is 23.8 Å². The average molecular weight is 517 g/mol.